The van der Waals surface area contributed by atoms with E-state index in [9.17, 15) is 9.59 Å². The summed E-state index contributed by atoms with van der Waals surface area (Å²) in [7, 11) is 0. The number of urea groups is 1. The van der Waals surface area contributed by atoms with Gasteiger partial charge in [-0.05, 0) is 19.8 Å². The lowest BCUT2D eigenvalue weighted by molar-refractivity contribution is -0.148. The molecule has 90 valence electrons. The predicted octanol–water partition coefficient (Wildman–Crippen LogP) is 1.11. The van der Waals surface area contributed by atoms with E-state index in [4.69, 9.17) is 5.11 Å². The summed E-state index contributed by atoms with van der Waals surface area (Å²) < 4.78 is 0. The second-order valence-corrected chi connectivity index (χ2v) is 4.31. The fourth-order valence-electron chi connectivity index (χ4n) is 2.03. The molecule has 0 spiro atoms. The van der Waals surface area contributed by atoms with E-state index in [1.807, 2.05) is 0 Å². The number of hydrogen-bond acceptors (Lipinski definition) is 2. The highest BCUT2D eigenvalue weighted by molar-refractivity contribution is 5.79. The van der Waals surface area contributed by atoms with Crippen molar-refractivity contribution in [2.45, 2.75) is 32.2 Å². The van der Waals surface area contributed by atoms with Gasteiger partial charge < -0.3 is 15.7 Å². The van der Waals surface area contributed by atoms with Crippen molar-refractivity contribution in [3.63, 3.8) is 0 Å². The molecule has 0 aromatic carbocycles. The quantitative estimate of drug-likeness (QED) is 0.628. The van der Waals surface area contributed by atoms with E-state index >= 15 is 0 Å². The van der Waals surface area contributed by atoms with Crippen molar-refractivity contribution >= 4 is 12.0 Å². The van der Waals surface area contributed by atoms with Crippen LogP contribution in [0.3, 0.4) is 0 Å². The highest BCUT2D eigenvalue weighted by Crippen LogP contribution is 2.38. The topological polar surface area (TPSA) is 78.4 Å². The molecular formula is C11H18N2O3. The summed E-state index contributed by atoms with van der Waals surface area (Å²) in [6.45, 7) is 5.54. The maximum absolute atomic E-state index is 11.4. The molecule has 16 heavy (non-hydrogen) atoms. The van der Waals surface area contributed by atoms with E-state index in [1.165, 1.54) is 0 Å². The van der Waals surface area contributed by atoms with Crippen LogP contribution in [0.2, 0.25) is 0 Å². The molecular weight excluding hydrogens is 208 g/mol. The summed E-state index contributed by atoms with van der Waals surface area (Å²) in [4.78, 5) is 22.5. The first-order valence-electron chi connectivity index (χ1n) is 5.39. The summed E-state index contributed by atoms with van der Waals surface area (Å²) in [5.41, 5.74) is -0.842. The monoisotopic (exact) mass is 226 g/mol. The Morgan fingerprint density at radius 3 is 2.88 bits per heavy atom. The average Bonchev–Trinajstić information content (AvgIpc) is 2.59. The van der Waals surface area contributed by atoms with Crippen LogP contribution in [-0.4, -0.2) is 29.7 Å². The highest BCUT2D eigenvalue weighted by atomic mass is 16.4. The molecule has 5 heteroatoms. The Kier molecular flexibility index (Phi) is 3.93. The maximum atomic E-state index is 11.4. The Morgan fingerprint density at radius 1 is 1.62 bits per heavy atom. The van der Waals surface area contributed by atoms with E-state index < -0.39 is 11.4 Å². The van der Waals surface area contributed by atoms with Gasteiger partial charge in [0.25, 0.3) is 0 Å². The summed E-state index contributed by atoms with van der Waals surface area (Å²) in [6.07, 6.45) is 3.72. The van der Waals surface area contributed by atoms with Crippen molar-refractivity contribution < 1.29 is 14.7 Å². The zero-order valence-corrected chi connectivity index (χ0v) is 9.45. The van der Waals surface area contributed by atoms with Crippen LogP contribution < -0.4 is 10.6 Å². The van der Waals surface area contributed by atoms with Crippen LogP contribution >= 0.6 is 0 Å². The first kappa shape index (κ1) is 12.5. The summed E-state index contributed by atoms with van der Waals surface area (Å²) in [5.74, 6) is -0.848. The van der Waals surface area contributed by atoms with E-state index in [-0.39, 0.29) is 12.1 Å². The molecule has 0 radical (unpaired) electrons. The second kappa shape index (κ2) is 5.01. The van der Waals surface area contributed by atoms with E-state index in [0.717, 1.165) is 6.42 Å². The van der Waals surface area contributed by atoms with Crippen molar-refractivity contribution in [2.24, 2.45) is 5.41 Å². The van der Waals surface area contributed by atoms with Crippen LogP contribution in [0.15, 0.2) is 12.7 Å². The number of amides is 2. The number of nitrogens with one attached hydrogen (secondary N) is 2. The number of carbonyl (C=O) groups is 2. The average molecular weight is 226 g/mol. The van der Waals surface area contributed by atoms with Crippen LogP contribution in [-0.2, 0) is 4.79 Å². The van der Waals surface area contributed by atoms with Gasteiger partial charge in [-0.15, -0.1) is 6.58 Å². The van der Waals surface area contributed by atoms with Gasteiger partial charge in [-0.2, -0.15) is 0 Å². The molecule has 0 bridgehead atoms. The van der Waals surface area contributed by atoms with Crippen LogP contribution in [0.5, 0.6) is 0 Å². The molecule has 1 fully saturated rings. The third-order valence-electron chi connectivity index (χ3n) is 3.16. The Morgan fingerprint density at radius 2 is 2.31 bits per heavy atom. The highest BCUT2D eigenvalue weighted by Gasteiger charge is 2.45. The first-order chi connectivity index (χ1) is 7.50. The van der Waals surface area contributed by atoms with Gasteiger partial charge in [0.05, 0.1) is 5.41 Å². The lowest BCUT2D eigenvalue weighted by Crippen LogP contribution is -2.50. The number of rotatable bonds is 4. The third-order valence-corrected chi connectivity index (χ3v) is 3.16. The zero-order valence-electron chi connectivity index (χ0n) is 9.45. The number of carboxylic acid groups (broad SMARTS) is 1. The Labute approximate surface area is 94.9 Å². The number of carbonyl (C=O) groups excluding carboxylic acids is 1. The van der Waals surface area contributed by atoms with E-state index in [2.05, 4.69) is 17.2 Å². The van der Waals surface area contributed by atoms with Gasteiger partial charge in [0.2, 0.25) is 0 Å². The Balaban J connectivity index is 2.56. The van der Waals surface area contributed by atoms with Gasteiger partial charge in [-0.3, -0.25) is 4.79 Å². The minimum Gasteiger partial charge on any atom is -0.481 e. The zero-order chi connectivity index (χ0) is 12.2. The molecule has 0 aromatic heterocycles. The third kappa shape index (κ3) is 2.53. The number of aliphatic carboxylic acids is 1. The van der Waals surface area contributed by atoms with Crippen molar-refractivity contribution in [1.82, 2.24) is 10.6 Å². The molecule has 1 aliphatic rings. The van der Waals surface area contributed by atoms with Crippen molar-refractivity contribution in [3.05, 3.63) is 12.7 Å². The minimum absolute atomic E-state index is 0.296. The summed E-state index contributed by atoms with van der Waals surface area (Å²) >= 11 is 0. The van der Waals surface area contributed by atoms with Gasteiger partial charge in [0.15, 0.2) is 0 Å². The van der Waals surface area contributed by atoms with Crippen LogP contribution in [0.25, 0.3) is 0 Å². The molecule has 1 rings (SSSR count). The van der Waals surface area contributed by atoms with Crippen molar-refractivity contribution in [2.75, 3.05) is 6.54 Å². The van der Waals surface area contributed by atoms with Gasteiger partial charge in [-0.1, -0.05) is 12.5 Å². The fourth-order valence-corrected chi connectivity index (χ4v) is 2.03. The van der Waals surface area contributed by atoms with Gasteiger partial charge in [-0.25, -0.2) is 4.79 Å². The smallest absolute Gasteiger partial charge is 0.315 e. The van der Waals surface area contributed by atoms with Crippen molar-refractivity contribution in [1.29, 1.82) is 0 Å². The molecule has 0 aromatic rings. The molecule has 1 saturated carbocycles. The normalized spacial score (nSPS) is 28.4. The maximum Gasteiger partial charge on any atom is 0.315 e. The molecule has 0 saturated heterocycles. The molecule has 2 amide bonds. The first-order valence-corrected chi connectivity index (χ1v) is 5.39. The summed E-state index contributed by atoms with van der Waals surface area (Å²) in [5, 5.41) is 14.4. The second-order valence-electron chi connectivity index (χ2n) is 4.31. The summed E-state index contributed by atoms with van der Waals surface area (Å²) in [6, 6.07) is -0.630. The van der Waals surface area contributed by atoms with Gasteiger partial charge in [0.1, 0.15) is 0 Å². The van der Waals surface area contributed by atoms with E-state index in [1.54, 1.807) is 13.0 Å². The molecule has 0 heterocycles. The molecule has 3 N–H and O–H groups in total. The van der Waals surface area contributed by atoms with Crippen molar-refractivity contribution in [3.8, 4) is 0 Å². The molecule has 2 atom stereocenters. The molecule has 1 aliphatic carbocycles. The fraction of sp³-hybridized carbons (Fsp3) is 0.636. The number of carboxylic acids is 1. The minimum atomic E-state index is -0.848. The SMILES string of the molecule is C=CCNC(=O)NC1CCCC1(C)C(=O)O. The van der Waals surface area contributed by atoms with Crippen LogP contribution in [0, 0.1) is 5.41 Å². The Bertz CT molecular complexity index is 304. The molecule has 0 aliphatic heterocycles. The van der Waals surface area contributed by atoms with E-state index in [0.29, 0.717) is 19.4 Å². The molecule has 5 nitrogen and oxygen atoms in total. The largest absolute Gasteiger partial charge is 0.481 e. The number of hydrogen-bond donors (Lipinski definition) is 3. The Hall–Kier alpha value is -1.52. The lowest BCUT2D eigenvalue weighted by Gasteiger charge is -2.27. The van der Waals surface area contributed by atoms with Gasteiger partial charge in [0, 0.05) is 12.6 Å². The van der Waals surface area contributed by atoms with Gasteiger partial charge >= 0.3 is 12.0 Å². The predicted molar refractivity (Wildman–Crippen MR) is 60.1 cm³/mol. The van der Waals surface area contributed by atoms with Crippen LogP contribution in [0.4, 0.5) is 4.79 Å². The lowest BCUT2D eigenvalue weighted by atomic mass is 9.85. The molecule has 2 unspecified atom stereocenters. The standard InChI is InChI=1S/C11H18N2O3/c1-3-7-12-10(16)13-8-5-4-6-11(8,2)9(14)15/h3,8H,1,4-7H2,2H3,(H,14,15)(H2,12,13,16). The van der Waals surface area contributed by atoms with Crippen LogP contribution in [0.1, 0.15) is 26.2 Å².